The lowest BCUT2D eigenvalue weighted by Gasteiger charge is -1.92. The van der Waals surface area contributed by atoms with Crippen LogP contribution in [0.4, 0.5) is 0 Å². The van der Waals surface area contributed by atoms with E-state index in [0.29, 0.717) is 6.54 Å². The van der Waals surface area contributed by atoms with Crippen molar-refractivity contribution in [1.29, 1.82) is 0 Å². The zero-order valence-electron chi connectivity index (χ0n) is 7.22. The van der Waals surface area contributed by atoms with Gasteiger partial charge in [0.1, 0.15) is 0 Å². The average Bonchev–Trinajstić information content (AvgIpc) is 2.48. The van der Waals surface area contributed by atoms with Crippen molar-refractivity contribution in [2.24, 2.45) is 5.73 Å². The Hall–Kier alpha value is -0.580. The minimum atomic E-state index is 0. The van der Waals surface area contributed by atoms with Gasteiger partial charge in [-0.1, -0.05) is 11.3 Å². The normalized spacial score (nSPS) is 8.38. The lowest BCUT2D eigenvalue weighted by molar-refractivity contribution is 0.596. The lowest BCUT2D eigenvalue weighted by atomic mass is 10.4. The highest BCUT2D eigenvalue weighted by molar-refractivity contribution is 5.85. The van der Waals surface area contributed by atoms with E-state index in [1.54, 1.807) is 4.68 Å². The molecule has 0 atom stereocenters. The van der Waals surface area contributed by atoms with E-state index in [2.05, 4.69) is 16.9 Å². The van der Waals surface area contributed by atoms with E-state index < -0.39 is 0 Å². The summed E-state index contributed by atoms with van der Waals surface area (Å²) in [5.74, 6) is 0. The Kier molecular flexibility index (Phi) is 9.22. The molecule has 0 spiro atoms. The van der Waals surface area contributed by atoms with Gasteiger partial charge in [-0.25, -0.2) is 0 Å². The Morgan fingerprint density at radius 1 is 1.54 bits per heavy atom. The quantitative estimate of drug-likeness (QED) is 0.782. The molecule has 4 nitrogen and oxygen atoms in total. The van der Waals surface area contributed by atoms with Crippen LogP contribution in [-0.2, 0) is 13.1 Å². The predicted molar refractivity (Wildman–Crippen MR) is 57.2 cm³/mol. The molecule has 0 bridgehead atoms. The van der Waals surface area contributed by atoms with Gasteiger partial charge in [0.2, 0.25) is 0 Å². The van der Waals surface area contributed by atoms with E-state index in [-0.39, 0.29) is 24.8 Å². The van der Waals surface area contributed by atoms with Crippen molar-refractivity contribution in [3.63, 3.8) is 0 Å². The minimum Gasteiger partial charge on any atom is -0.325 e. The van der Waals surface area contributed by atoms with Gasteiger partial charge in [0.15, 0.2) is 0 Å². The number of aryl methyl sites for hydroxylation is 1. The summed E-state index contributed by atoms with van der Waals surface area (Å²) in [6.07, 6.45) is 4.61. The van der Waals surface area contributed by atoms with Crippen LogP contribution in [0.15, 0.2) is 18.9 Å². The van der Waals surface area contributed by atoms with Crippen LogP contribution in [0.5, 0.6) is 0 Å². The molecule has 13 heavy (non-hydrogen) atoms. The van der Waals surface area contributed by atoms with E-state index in [1.165, 1.54) is 0 Å². The Labute approximate surface area is 90.0 Å². The second-order valence-corrected chi connectivity index (χ2v) is 2.25. The van der Waals surface area contributed by atoms with Gasteiger partial charge >= 0.3 is 0 Å². The van der Waals surface area contributed by atoms with Crippen LogP contribution in [0.2, 0.25) is 0 Å². The first-order valence-corrected chi connectivity index (χ1v) is 3.57. The first kappa shape index (κ1) is 14.9. The molecule has 0 radical (unpaired) electrons. The zero-order chi connectivity index (χ0) is 8.10. The summed E-state index contributed by atoms with van der Waals surface area (Å²) >= 11 is 0. The van der Waals surface area contributed by atoms with Gasteiger partial charge in [-0.05, 0) is 6.42 Å². The number of aromatic nitrogens is 3. The highest BCUT2D eigenvalue weighted by Gasteiger charge is 1.95. The van der Waals surface area contributed by atoms with Crippen LogP contribution in [0.25, 0.3) is 0 Å². The van der Waals surface area contributed by atoms with Gasteiger partial charge in [-0.3, -0.25) is 4.68 Å². The van der Waals surface area contributed by atoms with Crippen LogP contribution in [0.3, 0.4) is 0 Å². The first-order chi connectivity index (χ1) is 5.36. The predicted octanol–water partition coefficient (Wildman–Crippen LogP) is 1.16. The van der Waals surface area contributed by atoms with Gasteiger partial charge in [0, 0.05) is 19.3 Å². The van der Waals surface area contributed by atoms with Crippen molar-refractivity contribution in [3.8, 4) is 0 Å². The molecular weight excluding hydrogens is 211 g/mol. The standard InChI is InChI=1S/C7H12N4.2ClH/c1-2-3-4-11-6-7(5-8)9-10-11;;/h2,6H,1,3-5,8H2;2*1H. The number of halogens is 2. The highest BCUT2D eigenvalue weighted by atomic mass is 35.5. The third-order valence-electron chi connectivity index (χ3n) is 1.36. The third-order valence-corrected chi connectivity index (χ3v) is 1.36. The zero-order valence-corrected chi connectivity index (χ0v) is 8.85. The summed E-state index contributed by atoms with van der Waals surface area (Å²) in [5, 5.41) is 7.70. The monoisotopic (exact) mass is 224 g/mol. The second-order valence-electron chi connectivity index (χ2n) is 2.25. The molecule has 0 saturated carbocycles. The van der Waals surface area contributed by atoms with Crippen LogP contribution in [0, 0.1) is 0 Å². The Morgan fingerprint density at radius 3 is 2.69 bits per heavy atom. The number of hydrogen-bond donors (Lipinski definition) is 1. The van der Waals surface area contributed by atoms with E-state index in [4.69, 9.17) is 5.73 Å². The summed E-state index contributed by atoms with van der Waals surface area (Å²) < 4.78 is 1.77. The highest BCUT2D eigenvalue weighted by Crippen LogP contribution is 1.92. The second kappa shape index (κ2) is 8.04. The molecule has 2 N–H and O–H groups in total. The maximum Gasteiger partial charge on any atom is 0.0962 e. The molecule has 0 aliphatic heterocycles. The summed E-state index contributed by atoms with van der Waals surface area (Å²) in [5.41, 5.74) is 6.18. The van der Waals surface area contributed by atoms with E-state index in [9.17, 15) is 0 Å². The van der Waals surface area contributed by atoms with Crippen LogP contribution >= 0.6 is 24.8 Å². The molecule has 6 heteroatoms. The molecule has 0 aliphatic rings. The van der Waals surface area contributed by atoms with Gasteiger partial charge in [-0.15, -0.1) is 36.5 Å². The molecule has 1 aromatic rings. The minimum absolute atomic E-state index is 0. The van der Waals surface area contributed by atoms with Gasteiger partial charge in [-0.2, -0.15) is 0 Å². The van der Waals surface area contributed by atoms with Gasteiger partial charge in [0.25, 0.3) is 0 Å². The molecule has 1 aromatic heterocycles. The van der Waals surface area contributed by atoms with Crippen LogP contribution < -0.4 is 5.73 Å². The van der Waals surface area contributed by atoms with Gasteiger partial charge in [0.05, 0.1) is 5.69 Å². The Balaban J connectivity index is 0. The maximum absolute atomic E-state index is 5.36. The summed E-state index contributed by atoms with van der Waals surface area (Å²) in [6, 6.07) is 0. The fraction of sp³-hybridized carbons (Fsp3) is 0.429. The molecule has 0 aromatic carbocycles. The largest absolute Gasteiger partial charge is 0.325 e. The van der Waals surface area contributed by atoms with Crippen molar-refractivity contribution < 1.29 is 0 Å². The fourth-order valence-corrected chi connectivity index (χ4v) is 0.765. The number of hydrogen-bond acceptors (Lipinski definition) is 3. The Bertz CT molecular complexity index is 236. The lowest BCUT2D eigenvalue weighted by Crippen LogP contribution is -1.97. The van der Waals surface area contributed by atoms with E-state index in [0.717, 1.165) is 18.7 Å². The molecule has 1 rings (SSSR count). The van der Waals surface area contributed by atoms with Crippen LogP contribution in [-0.4, -0.2) is 15.0 Å². The molecule has 1 heterocycles. The Morgan fingerprint density at radius 2 is 2.23 bits per heavy atom. The van der Waals surface area contributed by atoms with Crippen molar-refractivity contribution in [2.45, 2.75) is 19.5 Å². The number of rotatable bonds is 4. The van der Waals surface area contributed by atoms with Crippen molar-refractivity contribution in [3.05, 3.63) is 24.5 Å². The van der Waals surface area contributed by atoms with Crippen LogP contribution in [0.1, 0.15) is 12.1 Å². The third kappa shape index (κ3) is 4.87. The molecular formula is C7H14Cl2N4. The summed E-state index contributed by atoms with van der Waals surface area (Å²) in [4.78, 5) is 0. The topological polar surface area (TPSA) is 56.7 Å². The number of allylic oxidation sites excluding steroid dienone is 1. The van der Waals surface area contributed by atoms with E-state index in [1.807, 2.05) is 12.3 Å². The molecule has 0 unspecified atom stereocenters. The fourth-order valence-electron chi connectivity index (χ4n) is 0.765. The maximum atomic E-state index is 5.36. The molecule has 76 valence electrons. The van der Waals surface area contributed by atoms with Crippen molar-refractivity contribution in [1.82, 2.24) is 15.0 Å². The number of nitrogens with zero attached hydrogens (tertiary/aromatic N) is 3. The SMILES string of the molecule is C=CCCn1cc(CN)nn1.Cl.Cl. The molecule has 0 aliphatic carbocycles. The molecule has 0 amide bonds. The van der Waals surface area contributed by atoms with Crippen molar-refractivity contribution >= 4 is 24.8 Å². The van der Waals surface area contributed by atoms with E-state index >= 15 is 0 Å². The smallest absolute Gasteiger partial charge is 0.0962 e. The summed E-state index contributed by atoms with van der Waals surface area (Å²) in [7, 11) is 0. The van der Waals surface area contributed by atoms with Crippen molar-refractivity contribution in [2.75, 3.05) is 0 Å². The summed E-state index contributed by atoms with van der Waals surface area (Å²) in [6.45, 7) is 4.90. The number of nitrogens with two attached hydrogens (primary N) is 1. The van der Waals surface area contributed by atoms with Gasteiger partial charge < -0.3 is 5.73 Å². The molecule has 0 saturated heterocycles. The first-order valence-electron chi connectivity index (χ1n) is 3.57. The molecule has 0 fully saturated rings. The average molecular weight is 225 g/mol.